The Morgan fingerprint density at radius 2 is 2.24 bits per heavy atom. The summed E-state index contributed by atoms with van der Waals surface area (Å²) < 4.78 is 11.9. The van der Waals surface area contributed by atoms with E-state index in [4.69, 9.17) is 32.7 Å². The molecule has 0 saturated carbocycles. The second-order valence-electron chi connectivity index (χ2n) is 3.90. The van der Waals surface area contributed by atoms with E-state index < -0.39 is 0 Å². The summed E-state index contributed by atoms with van der Waals surface area (Å²) in [6, 6.07) is 5.53. The predicted molar refractivity (Wildman–Crippen MR) is 91.4 cm³/mol. The highest BCUT2D eigenvalue weighted by Crippen LogP contribution is 2.37. The first-order valence-electron chi connectivity index (χ1n) is 6.15. The molecule has 21 heavy (non-hydrogen) atoms. The molecule has 1 aromatic rings. The zero-order valence-corrected chi connectivity index (χ0v) is 14.0. The van der Waals surface area contributed by atoms with Crippen LogP contribution >= 0.6 is 28.1 Å². The van der Waals surface area contributed by atoms with Gasteiger partial charge in [0.05, 0.1) is 16.7 Å². The van der Waals surface area contributed by atoms with Crippen LogP contribution in [0.15, 0.2) is 34.8 Å². The number of nitrogens with zero attached hydrogens (tertiary/aromatic N) is 1. The van der Waals surface area contributed by atoms with Crippen LogP contribution in [0.1, 0.15) is 12.5 Å². The quantitative estimate of drug-likeness (QED) is 0.345. The molecule has 0 bridgehead atoms. The number of ether oxygens (including phenoxy) is 2. The smallest absolute Gasteiger partial charge is 0.175 e. The minimum absolute atomic E-state index is 0.0542. The Bertz CT molecular complexity index is 621. The van der Waals surface area contributed by atoms with E-state index in [-0.39, 0.29) is 10.6 Å². The van der Waals surface area contributed by atoms with Crippen LogP contribution in [0.5, 0.6) is 11.5 Å². The fourth-order valence-corrected chi connectivity index (χ4v) is 2.22. The van der Waals surface area contributed by atoms with Gasteiger partial charge in [-0.3, -0.25) is 0 Å². The molecule has 4 nitrogen and oxygen atoms in total. The number of thiocarbonyl (C=S) groups is 1. The minimum atomic E-state index is 0.0542. The van der Waals surface area contributed by atoms with Gasteiger partial charge in [0.25, 0.3) is 0 Å². The molecule has 0 aromatic heterocycles. The second-order valence-corrected chi connectivity index (χ2v) is 5.19. The molecule has 1 rings (SSSR count). The molecule has 2 N–H and O–H groups in total. The van der Waals surface area contributed by atoms with Crippen molar-refractivity contribution in [1.82, 2.24) is 0 Å². The van der Waals surface area contributed by atoms with Gasteiger partial charge >= 0.3 is 0 Å². The van der Waals surface area contributed by atoms with Crippen molar-refractivity contribution in [2.24, 2.45) is 5.73 Å². The van der Waals surface area contributed by atoms with E-state index in [1.54, 1.807) is 24.3 Å². The molecule has 6 heteroatoms. The maximum atomic E-state index is 9.01. The first-order valence-corrected chi connectivity index (χ1v) is 7.35. The number of hydrogen-bond acceptors (Lipinski definition) is 4. The highest BCUT2D eigenvalue weighted by Gasteiger charge is 2.12. The van der Waals surface area contributed by atoms with E-state index in [0.717, 1.165) is 5.56 Å². The standard InChI is InChI=1S/C15H15BrN2O2S/c1-3-5-20-14-12(16)7-10(8-13(14)19-4-2)6-11(9-17)15(18)21/h3,6-8H,1,4-5H2,2H3,(H2,18,21)/b11-6+. The summed E-state index contributed by atoms with van der Waals surface area (Å²) in [7, 11) is 0. The molecular weight excluding hydrogens is 352 g/mol. The lowest BCUT2D eigenvalue weighted by molar-refractivity contribution is 0.295. The van der Waals surface area contributed by atoms with Gasteiger partial charge in [0, 0.05) is 0 Å². The van der Waals surface area contributed by atoms with Crippen LogP contribution in [-0.2, 0) is 0 Å². The molecular formula is C15H15BrN2O2S. The molecule has 0 spiro atoms. The van der Waals surface area contributed by atoms with Gasteiger partial charge in [-0.15, -0.1) is 0 Å². The minimum Gasteiger partial charge on any atom is -0.490 e. The highest BCUT2D eigenvalue weighted by molar-refractivity contribution is 9.10. The van der Waals surface area contributed by atoms with E-state index in [1.807, 2.05) is 13.0 Å². The molecule has 110 valence electrons. The van der Waals surface area contributed by atoms with Crippen molar-refractivity contribution >= 4 is 39.2 Å². The van der Waals surface area contributed by atoms with Gasteiger partial charge in [0.1, 0.15) is 17.7 Å². The largest absolute Gasteiger partial charge is 0.490 e. The number of halogens is 1. The van der Waals surface area contributed by atoms with Crippen molar-refractivity contribution in [3.05, 3.63) is 40.4 Å². The maximum Gasteiger partial charge on any atom is 0.175 e. The van der Waals surface area contributed by atoms with E-state index >= 15 is 0 Å². The lowest BCUT2D eigenvalue weighted by atomic mass is 10.1. The number of hydrogen-bond donors (Lipinski definition) is 1. The number of benzene rings is 1. The fourth-order valence-electron chi connectivity index (χ4n) is 1.54. The Kier molecular flexibility index (Phi) is 6.92. The first-order chi connectivity index (χ1) is 10.0. The zero-order valence-electron chi connectivity index (χ0n) is 11.6. The Labute approximate surface area is 138 Å². The van der Waals surface area contributed by atoms with Crippen molar-refractivity contribution in [2.45, 2.75) is 6.92 Å². The van der Waals surface area contributed by atoms with E-state index in [0.29, 0.717) is 29.2 Å². The van der Waals surface area contributed by atoms with Crippen LogP contribution in [0.25, 0.3) is 6.08 Å². The second kappa shape index (κ2) is 8.45. The van der Waals surface area contributed by atoms with E-state index in [2.05, 4.69) is 22.5 Å². The molecule has 0 unspecified atom stereocenters. The normalized spacial score (nSPS) is 10.6. The van der Waals surface area contributed by atoms with Crippen LogP contribution in [0.2, 0.25) is 0 Å². The van der Waals surface area contributed by atoms with Crippen molar-refractivity contribution in [3.8, 4) is 17.6 Å². The monoisotopic (exact) mass is 366 g/mol. The average molecular weight is 367 g/mol. The van der Waals surface area contributed by atoms with Crippen molar-refractivity contribution in [1.29, 1.82) is 5.26 Å². The van der Waals surface area contributed by atoms with Gasteiger partial charge in [0.2, 0.25) is 0 Å². The summed E-state index contributed by atoms with van der Waals surface area (Å²) in [5.74, 6) is 1.16. The number of rotatable bonds is 7. The average Bonchev–Trinajstić information content (AvgIpc) is 2.44. The Morgan fingerprint density at radius 1 is 1.52 bits per heavy atom. The summed E-state index contributed by atoms with van der Waals surface area (Å²) in [5, 5.41) is 9.01. The summed E-state index contributed by atoms with van der Waals surface area (Å²) in [6.45, 7) is 6.35. The Hall–Kier alpha value is -1.84. The summed E-state index contributed by atoms with van der Waals surface area (Å²) in [6.07, 6.45) is 3.25. The van der Waals surface area contributed by atoms with Gasteiger partial charge in [-0.25, -0.2) is 0 Å². The van der Waals surface area contributed by atoms with Crippen molar-refractivity contribution in [3.63, 3.8) is 0 Å². The third-order valence-electron chi connectivity index (χ3n) is 2.37. The van der Waals surface area contributed by atoms with Crippen LogP contribution in [-0.4, -0.2) is 18.2 Å². The van der Waals surface area contributed by atoms with Crippen molar-refractivity contribution in [2.75, 3.05) is 13.2 Å². The SMILES string of the molecule is C=CCOc1c(Br)cc(/C=C(\C#N)C(N)=S)cc1OCC. The van der Waals surface area contributed by atoms with Gasteiger partial charge in [-0.1, -0.05) is 24.9 Å². The lowest BCUT2D eigenvalue weighted by Gasteiger charge is -2.13. The summed E-state index contributed by atoms with van der Waals surface area (Å²) in [5.41, 5.74) is 6.46. The molecule has 0 atom stereocenters. The topological polar surface area (TPSA) is 68.3 Å². The van der Waals surface area contributed by atoms with Gasteiger partial charge in [0.15, 0.2) is 11.5 Å². The van der Waals surface area contributed by atoms with E-state index in [9.17, 15) is 0 Å². The van der Waals surface area contributed by atoms with Crippen LogP contribution < -0.4 is 15.2 Å². The van der Waals surface area contributed by atoms with Crippen LogP contribution in [0, 0.1) is 11.3 Å². The molecule has 0 aliphatic heterocycles. The lowest BCUT2D eigenvalue weighted by Crippen LogP contribution is -2.09. The van der Waals surface area contributed by atoms with Gasteiger partial charge in [-0.05, 0) is 46.6 Å². The fraction of sp³-hybridized carbons (Fsp3) is 0.200. The molecule has 0 aliphatic rings. The zero-order chi connectivity index (χ0) is 15.8. The third kappa shape index (κ3) is 4.88. The molecule has 1 aromatic carbocycles. The summed E-state index contributed by atoms with van der Waals surface area (Å²) in [4.78, 5) is 0.0542. The molecule has 0 radical (unpaired) electrons. The molecule has 0 amide bonds. The third-order valence-corrected chi connectivity index (χ3v) is 3.18. The Morgan fingerprint density at radius 3 is 2.76 bits per heavy atom. The molecule has 0 fully saturated rings. The van der Waals surface area contributed by atoms with E-state index in [1.165, 1.54) is 0 Å². The molecule has 0 saturated heterocycles. The number of nitrogens with two attached hydrogens (primary N) is 1. The summed E-state index contributed by atoms with van der Waals surface area (Å²) >= 11 is 8.26. The maximum absolute atomic E-state index is 9.01. The molecule has 0 heterocycles. The molecule has 0 aliphatic carbocycles. The Balaban J connectivity index is 3.29. The van der Waals surface area contributed by atoms with Crippen LogP contribution in [0.4, 0.5) is 0 Å². The highest BCUT2D eigenvalue weighted by atomic mass is 79.9. The predicted octanol–water partition coefficient (Wildman–Crippen LogP) is 3.61. The first kappa shape index (κ1) is 17.2. The van der Waals surface area contributed by atoms with Gasteiger partial charge < -0.3 is 15.2 Å². The van der Waals surface area contributed by atoms with Crippen molar-refractivity contribution < 1.29 is 9.47 Å². The number of nitriles is 1. The van der Waals surface area contributed by atoms with Gasteiger partial charge in [-0.2, -0.15) is 5.26 Å². The van der Waals surface area contributed by atoms with Crippen LogP contribution in [0.3, 0.4) is 0 Å².